The van der Waals surface area contributed by atoms with Crippen molar-refractivity contribution in [2.45, 2.75) is 13.3 Å². The van der Waals surface area contributed by atoms with E-state index in [9.17, 15) is 0 Å². The van der Waals surface area contributed by atoms with Crippen LogP contribution in [0.25, 0.3) is 0 Å². The Labute approximate surface area is 123 Å². The van der Waals surface area contributed by atoms with Crippen molar-refractivity contribution in [1.29, 1.82) is 0 Å². The van der Waals surface area contributed by atoms with Crippen LogP contribution < -0.4 is 20.1 Å². The number of benzene rings is 1. The third kappa shape index (κ3) is 3.95. The van der Waals surface area contributed by atoms with Gasteiger partial charge in [-0.25, -0.2) is 0 Å². The summed E-state index contributed by atoms with van der Waals surface area (Å²) >= 11 is 0. The highest BCUT2D eigenvalue weighted by Crippen LogP contribution is 2.30. The Balaban J connectivity index is 2.25. The fourth-order valence-corrected chi connectivity index (χ4v) is 1.57. The van der Waals surface area contributed by atoms with E-state index in [-0.39, 0.29) is 12.0 Å². The summed E-state index contributed by atoms with van der Waals surface area (Å²) in [5.41, 5.74) is 5.67. The van der Waals surface area contributed by atoms with Gasteiger partial charge in [0, 0.05) is 14.1 Å². The second kappa shape index (κ2) is 6.74. The summed E-state index contributed by atoms with van der Waals surface area (Å²) < 4.78 is 11.3. The molecule has 0 amide bonds. The van der Waals surface area contributed by atoms with Crippen molar-refractivity contribution in [2.75, 3.05) is 31.3 Å². The van der Waals surface area contributed by atoms with Crippen molar-refractivity contribution in [3.8, 4) is 17.5 Å². The largest absolute Gasteiger partial charge is 0.490 e. The molecule has 21 heavy (non-hydrogen) atoms. The Kier molecular flexibility index (Phi) is 4.76. The molecule has 2 rings (SSSR count). The molecule has 0 fully saturated rings. The van der Waals surface area contributed by atoms with E-state index in [1.165, 1.54) is 0 Å². The van der Waals surface area contributed by atoms with Crippen LogP contribution in [0.15, 0.2) is 24.3 Å². The molecule has 0 aliphatic rings. The maximum Gasteiger partial charge on any atom is 0.328 e. The highest BCUT2D eigenvalue weighted by atomic mass is 16.5. The molecule has 0 aliphatic heterocycles. The van der Waals surface area contributed by atoms with Crippen LogP contribution in [0.2, 0.25) is 0 Å². The molecule has 1 aromatic carbocycles. The zero-order chi connectivity index (χ0) is 15.2. The van der Waals surface area contributed by atoms with Gasteiger partial charge < -0.3 is 20.1 Å². The molecule has 0 saturated carbocycles. The van der Waals surface area contributed by atoms with Crippen LogP contribution in [-0.2, 0) is 0 Å². The SMILES string of the molecule is CCCOc1ccccc1Oc1nc(N)nc(N(C)C)n1. The molecule has 1 heterocycles. The van der Waals surface area contributed by atoms with Crippen LogP contribution in [0.3, 0.4) is 0 Å². The molecule has 0 radical (unpaired) electrons. The summed E-state index contributed by atoms with van der Waals surface area (Å²) in [5, 5.41) is 0. The number of nitrogen functional groups attached to an aromatic ring is 1. The van der Waals surface area contributed by atoms with Gasteiger partial charge in [-0.3, -0.25) is 0 Å². The smallest absolute Gasteiger partial charge is 0.328 e. The van der Waals surface area contributed by atoms with Crippen LogP contribution >= 0.6 is 0 Å². The Morgan fingerprint density at radius 3 is 2.48 bits per heavy atom. The first kappa shape index (κ1) is 14.8. The van der Waals surface area contributed by atoms with Crippen molar-refractivity contribution < 1.29 is 9.47 Å². The molecule has 0 saturated heterocycles. The predicted molar refractivity (Wildman–Crippen MR) is 80.9 cm³/mol. The first-order valence-electron chi connectivity index (χ1n) is 6.68. The number of hydrogen-bond donors (Lipinski definition) is 1. The summed E-state index contributed by atoms with van der Waals surface area (Å²) in [7, 11) is 3.63. The molecule has 7 heteroatoms. The fraction of sp³-hybridized carbons (Fsp3) is 0.357. The van der Waals surface area contributed by atoms with Gasteiger partial charge in [-0.1, -0.05) is 19.1 Å². The summed E-state index contributed by atoms with van der Waals surface area (Å²) in [6.07, 6.45) is 0.915. The van der Waals surface area contributed by atoms with Gasteiger partial charge in [0.2, 0.25) is 11.9 Å². The first-order valence-corrected chi connectivity index (χ1v) is 6.68. The molecule has 0 unspecified atom stereocenters. The Bertz CT molecular complexity index is 604. The van der Waals surface area contributed by atoms with Gasteiger partial charge in [0.05, 0.1) is 6.61 Å². The van der Waals surface area contributed by atoms with Crippen molar-refractivity contribution in [3.05, 3.63) is 24.3 Å². The molecule has 0 bridgehead atoms. The Morgan fingerprint density at radius 1 is 1.10 bits per heavy atom. The number of anilines is 2. The zero-order valence-corrected chi connectivity index (χ0v) is 12.4. The van der Waals surface area contributed by atoms with Crippen LogP contribution in [0.5, 0.6) is 17.5 Å². The third-order valence-corrected chi connectivity index (χ3v) is 2.53. The Morgan fingerprint density at radius 2 is 1.81 bits per heavy atom. The highest BCUT2D eigenvalue weighted by molar-refractivity contribution is 5.42. The third-order valence-electron chi connectivity index (χ3n) is 2.53. The molecule has 7 nitrogen and oxygen atoms in total. The number of nitrogens with zero attached hydrogens (tertiary/aromatic N) is 4. The van der Waals surface area contributed by atoms with Crippen LogP contribution in [0.4, 0.5) is 11.9 Å². The standard InChI is InChI=1S/C14H19N5O2/c1-4-9-20-10-7-5-6-8-11(10)21-14-17-12(15)16-13(18-14)19(2)3/h5-8H,4,9H2,1-3H3,(H2,15,16,17,18). The molecule has 0 aliphatic carbocycles. The molecule has 0 spiro atoms. The number of para-hydroxylation sites is 2. The second-order valence-corrected chi connectivity index (χ2v) is 4.57. The van der Waals surface area contributed by atoms with Gasteiger partial charge >= 0.3 is 6.01 Å². The summed E-state index contributed by atoms with van der Waals surface area (Å²) in [5.74, 6) is 1.73. The van der Waals surface area contributed by atoms with Crippen LogP contribution in [0, 0.1) is 0 Å². The van der Waals surface area contributed by atoms with Gasteiger partial charge in [0.1, 0.15) is 0 Å². The lowest BCUT2D eigenvalue weighted by Gasteiger charge is -2.13. The maximum atomic E-state index is 5.68. The number of ether oxygens (including phenoxy) is 2. The molecular formula is C14H19N5O2. The van der Waals surface area contributed by atoms with E-state index in [1.54, 1.807) is 11.0 Å². The minimum Gasteiger partial charge on any atom is -0.490 e. The lowest BCUT2D eigenvalue weighted by molar-refractivity contribution is 0.299. The summed E-state index contributed by atoms with van der Waals surface area (Å²) in [6, 6.07) is 7.50. The van der Waals surface area contributed by atoms with Crippen LogP contribution in [-0.4, -0.2) is 35.7 Å². The lowest BCUT2D eigenvalue weighted by atomic mass is 10.3. The minimum absolute atomic E-state index is 0.107. The van der Waals surface area contributed by atoms with Crippen LogP contribution in [0.1, 0.15) is 13.3 Å². The van der Waals surface area contributed by atoms with Gasteiger partial charge in [-0.05, 0) is 18.6 Å². The van der Waals surface area contributed by atoms with E-state index >= 15 is 0 Å². The number of hydrogen-bond acceptors (Lipinski definition) is 7. The van der Waals surface area contributed by atoms with Gasteiger partial charge in [0.15, 0.2) is 11.5 Å². The Hall–Kier alpha value is -2.57. The zero-order valence-electron chi connectivity index (χ0n) is 12.4. The molecule has 0 atom stereocenters. The second-order valence-electron chi connectivity index (χ2n) is 4.57. The average Bonchev–Trinajstić information content (AvgIpc) is 2.45. The number of aromatic nitrogens is 3. The highest BCUT2D eigenvalue weighted by Gasteiger charge is 2.11. The van der Waals surface area contributed by atoms with Crippen molar-refractivity contribution in [1.82, 2.24) is 15.0 Å². The van der Waals surface area contributed by atoms with Crippen molar-refractivity contribution in [3.63, 3.8) is 0 Å². The number of nitrogens with two attached hydrogens (primary N) is 1. The summed E-state index contributed by atoms with van der Waals surface area (Å²) in [4.78, 5) is 13.9. The average molecular weight is 289 g/mol. The van der Waals surface area contributed by atoms with E-state index in [1.807, 2.05) is 39.2 Å². The van der Waals surface area contributed by atoms with E-state index < -0.39 is 0 Å². The number of rotatable bonds is 6. The monoisotopic (exact) mass is 289 g/mol. The van der Waals surface area contributed by atoms with E-state index in [4.69, 9.17) is 15.2 Å². The lowest BCUT2D eigenvalue weighted by Crippen LogP contribution is -2.15. The van der Waals surface area contributed by atoms with Gasteiger partial charge in [-0.2, -0.15) is 15.0 Å². The van der Waals surface area contributed by atoms with E-state index in [0.29, 0.717) is 24.1 Å². The van der Waals surface area contributed by atoms with Crippen molar-refractivity contribution >= 4 is 11.9 Å². The fourth-order valence-electron chi connectivity index (χ4n) is 1.57. The van der Waals surface area contributed by atoms with E-state index in [2.05, 4.69) is 15.0 Å². The normalized spacial score (nSPS) is 10.2. The maximum absolute atomic E-state index is 5.68. The predicted octanol–water partition coefficient (Wildman–Crippen LogP) is 2.10. The molecular weight excluding hydrogens is 270 g/mol. The first-order chi connectivity index (χ1) is 10.1. The van der Waals surface area contributed by atoms with Gasteiger partial charge in [0.25, 0.3) is 0 Å². The van der Waals surface area contributed by atoms with Crippen molar-refractivity contribution in [2.24, 2.45) is 0 Å². The van der Waals surface area contributed by atoms with E-state index in [0.717, 1.165) is 6.42 Å². The molecule has 1 aromatic heterocycles. The molecule has 2 N–H and O–H groups in total. The quantitative estimate of drug-likeness (QED) is 0.871. The molecule has 112 valence electrons. The minimum atomic E-state index is 0.107. The van der Waals surface area contributed by atoms with Gasteiger partial charge in [-0.15, -0.1) is 0 Å². The molecule has 2 aromatic rings. The topological polar surface area (TPSA) is 86.4 Å². The summed E-state index contributed by atoms with van der Waals surface area (Å²) in [6.45, 7) is 2.65.